The van der Waals surface area contributed by atoms with Crippen LogP contribution >= 0.6 is 0 Å². The lowest BCUT2D eigenvalue weighted by Crippen LogP contribution is -2.47. The molecule has 0 radical (unpaired) electrons. The number of methoxy groups -OCH3 is 1. The van der Waals surface area contributed by atoms with Crippen molar-refractivity contribution < 1.29 is 14.3 Å². The van der Waals surface area contributed by atoms with E-state index < -0.39 is 0 Å². The van der Waals surface area contributed by atoms with Crippen molar-refractivity contribution in [3.8, 4) is 5.75 Å². The Labute approximate surface area is 149 Å². The van der Waals surface area contributed by atoms with Gasteiger partial charge in [0.1, 0.15) is 5.75 Å². The fraction of sp³-hybridized carbons (Fsp3) is 0.556. The van der Waals surface area contributed by atoms with Crippen molar-refractivity contribution >= 4 is 11.9 Å². The van der Waals surface area contributed by atoms with Crippen LogP contribution in [0.15, 0.2) is 29.3 Å². The first kappa shape index (κ1) is 19.1. The molecule has 138 valence electrons. The molecule has 1 aliphatic rings. The predicted octanol–water partition coefficient (Wildman–Crippen LogP) is 1.16. The molecule has 1 amide bonds. The summed E-state index contributed by atoms with van der Waals surface area (Å²) in [6.45, 7) is 4.72. The van der Waals surface area contributed by atoms with Gasteiger partial charge in [-0.2, -0.15) is 0 Å². The average Bonchev–Trinajstić information content (AvgIpc) is 3.07. The molecular weight excluding hydrogens is 320 g/mol. The molecule has 0 aromatic heterocycles. The second-order valence-corrected chi connectivity index (χ2v) is 6.24. The highest BCUT2D eigenvalue weighted by Crippen LogP contribution is 2.23. The Bertz CT molecular complexity index is 580. The lowest BCUT2D eigenvalue weighted by molar-refractivity contribution is 0.0243. The number of rotatable bonds is 7. The van der Waals surface area contributed by atoms with Crippen molar-refractivity contribution in [1.82, 2.24) is 16.0 Å². The Morgan fingerprint density at radius 1 is 1.24 bits per heavy atom. The van der Waals surface area contributed by atoms with E-state index in [-0.39, 0.29) is 11.5 Å². The Hall–Kier alpha value is -2.28. The summed E-state index contributed by atoms with van der Waals surface area (Å²) in [6, 6.07) is 7.02. The minimum absolute atomic E-state index is 0.112. The molecule has 25 heavy (non-hydrogen) atoms. The summed E-state index contributed by atoms with van der Waals surface area (Å²) in [4.78, 5) is 16.2. The Morgan fingerprint density at radius 2 is 1.96 bits per heavy atom. The molecule has 2 rings (SSSR count). The molecule has 1 saturated heterocycles. The van der Waals surface area contributed by atoms with Crippen LogP contribution in [0.1, 0.15) is 30.1 Å². The molecule has 7 heteroatoms. The molecule has 1 heterocycles. The summed E-state index contributed by atoms with van der Waals surface area (Å²) in [6.07, 6.45) is 2.15. The first-order valence-electron chi connectivity index (χ1n) is 8.57. The van der Waals surface area contributed by atoms with Crippen molar-refractivity contribution in [2.75, 3.05) is 40.4 Å². The number of carbonyl (C=O) groups excluding carboxylic acids is 1. The van der Waals surface area contributed by atoms with E-state index in [1.165, 1.54) is 0 Å². The second kappa shape index (κ2) is 9.27. The van der Waals surface area contributed by atoms with Gasteiger partial charge in [0.15, 0.2) is 5.96 Å². The highest BCUT2D eigenvalue weighted by Gasteiger charge is 2.29. The topological polar surface area (TPSA) is 84.0 Å². The monoisotopic (exact) mass is 348 g/mol. The Morgan fingerprint density at radius 3 is 2.56 bits per heavy atom. The third-order valence-electron chi connectivity index (χ3n) is 4.21. The molecule has 1 aliphatic heterocycles. The van der Waals surface area contributed by atoms with Gasteiger partial charge in [-0.25, -0.2) is 0 Å². The van der Waals surface area contributed by atoms with Crippen LogP contribution < -0.4 is 20.7 Å². The number of hydrogen-bond donors (Lipinski definition) is 3. The fourth-order valence-electron chi connectivity index (χ4n) is 2.67. The highest BCUT2D eigenvalue weighted by atomic mass is 16.5. The van der Waals surface area contributed by atoms with Gasteiger partial charge in [-0.15, -0.1) is 0 Å². The number of hydrogen-bond acceptors (Lipinski definition) is 4. The first-order valence-corrected chi connectivity index (χ1v) is 8.57. The van der Waals surface area contributed by atoms with Gasteiger partial charge in [-0.05, 0) is 44.0 Å². The van der Waals surface area contributed by atoms with Crippen LogP contribution in [0.5, 0.6) is 5.75 Å². The maximum absolute atomic E-state index is 12.1. The van der Waals surface area contributed by atoms with Crippen LogP contribution in [0.2, 0.25) is 0 Å². The minimum Gasteiger partial charge on any atom is -0.497 e. The number of carbonyl (C=O) groups is 1. The molecule has 0 bridgehead atoms. The number of nitrogens with zero attached hydrogens (tertiary/aromatic N) is 1. The number of ether oxygens (including phenoxy) is 2. The number of nitrogens with one attached hydrogen (secondary N) is 3. The van der Waals surface area contributed by atoms with Gasteiger partial charge < -0.3 is 25.4 Å². The largest absolute Gasteiger partial charge is 0.497 e. The summed E-state index contributed by atoms with van der Waals surface area (Å²) in [5.41, 5.74) is 0.481. The van der Waals surface area contributed by atoms with Gasteiger partial charge in [-0.3, -0.25) is 9.79 Å². The molecule has 1 unspecified atom stereocenters. The van der Waals surface area contributed by atoms with Crippen molar-refractivity contribution in [1.29, 1.82) is 0 Å². The minimum atomic E-state index is -0.125. The lowest BCUT2D eigenvalue weighted by atomic mass is 10.0. The van der Waals surface area contributed by atoms with Crippen LogP contribution in [0, 0.1) is 0 Å². The van der Waals surface area contributed by atoms with Gasteiger partial charge in [0.25, 0.3) is 5.91 Å². The van der Waals surface area contributed by atoms with Crippen molar-refractivity contribution in [3.63, 3.8) is 0 Å². The third-order valence-corrected chi connectivity index (χ3v) is 4.21. The maximum atomic E-state index is 12.1. The lowest BCUT2D eigenvalue weighted by Gasteiger charge is -2.24. The third kappa shape index (κ3) is 5.94. The average molecular weight is 348 g/mol. The van der Waals surface area contributed by atoms with Gasteiger partial charge >= 0.3 is 0 Å². The summed E-state index contributed by atoms with van der Waals surface area (Å²) in [7, 11) is 3.32. The predicted molar refractivity (Wildman–Crippen MR) is 98.3 cm³/mol. The Kier molecular flexibility index (Phi) is 7.06. The van der Waals surface area contributed by atoms with E-state index in [9.17, 15) is 4.79 Å². The molecule has 1 aromatic rings. The van der Waals surface area contributed by atoms with Crippen molar-refractivity contribution in [2.24, 2.45) is 4.99 Å². The van der Waals surface area contributed by atoms with E-state index in [4.69, 9.17) is 9.47 Å². The molecule has 0 saturated carbocycles. The van der Waals surface area contributed by atoms with Gasteiger partial charge in [0.2, 0.25) is 0 Å². The summed E-state index contributed by atoms with van der Waals surface area (Å²) >= 11 is 0. The normalized spacial score (nSPS) is 20.2. The molecular formula is C18H28N4O3. The van der Waals surface area contributed by atoms with E-state index in [1.807, 2.05) is 0 Å². The number of guanidine groups is 1. The number of benzene rings is 1. The van der Waals surface area contributed by atoms with E-state index in [0.717, 1.165) is 25.2 Å². The van der Waals surface area contributed by atoms with Gasteiger partial charge in [-0.1, -0.05) is 0 Å². The molecule has 0 aliphatic carbocycles. The van der Waals surface area contributed by atoms with Crippen molar-refractivity contribution in [2.45, 2.75) is 25.4 Å². The summed E-state index contributed by atoms with van der Waals surface area (Å²) in [5.74, 6) is 1.32. The molecule has 1 fully saturated rings. The fourth-order valence-corrected chi connectivity index (χ4v) is 2.67. The van der Waals surface area contributed by atoms with Crippen LogP contribution in [0.4, 0.5) is 0 Å². The van der Waals surface area contributed by atoms with Crippen LogP contribution in [-0.2, 0) is 4.74 Å². The SMILES string of the molecule is CN=C(NCCNC(=O)c1ccc(OC)cc1)NCC1(C)CCCO1. The Balaban J connectivity index is 1.67. The zero-order valence-electron chi connectivity index (χ0n) is 15.2. The summed E-state index contributed by atoms with van der Waals surface area (Å²) < 4.78 is 10.8. The van der Waals surface area contributed by atoms with Gasteiger partial charge in [0, 0.05) is 38.9 Å². The molecule has 0 spiro atoms. The smallest absolute Gasteiger partial charge is 0.251 e. The van der Waals surface area contributed by atoms with E-state index >= 15 is 0 Å². The quantitative estimate of drug-likeness (QED) is 0.391. The molecule has 1 aromatic carbocycles. The van der Waals surface area contributed by atoms with Gasteiger partial charge in [0.05, 0.1) is 12.7 Å². The maximum Gasteiger partial charge on any atom is 0.251 e. The number of amides is 1. The van der Waals surface area contributed by atoms with E-state index in [0.29, 0.717) is 31.2 Å². The summed E-state index contributed by atoms with van der Waals surface area (Å²) in [5, 5.41) is 9.33. The van der Waals surface area contributed by atoms with Crippen LogP contribution in [0.3, 0.4) is 0 Å². The highest BCUT2D eigenvalue weighted by molar-refractivity contribution is 5.94. The van der Waals surface area contributed by atoms with Crippen molar-refractivity contribution in [3.05, 3.63) is 29.8 Å². The number of aliphatic imine (C=N–C) groups is 1. The molecule has 1 atom stereocenters. The molecule has 7 nitrogen and oxygen atoms in total. The van der Waals surface area contributed by atoms with Crippen LogP contribution in [-0.4, -0.2) is 57.9 Å². The van der Waals surface area contributed by atoms with E-state index in [1.54, 1.807) is 38.4 Å². The zero-order chi connectivity index (χ0) is 18.1. The second-order valence-electron chi connectivity index (χ2n) is 6.24. The first-order chi connectivity index (χ1) is 12.1. The zero-order valence-corrected chi connectivity index (χ0v) is 15.2. The standard InChI is InChI=1S/C18H28N4O3/c1-18(9-4-12-25-18)13-22-17(19-2)21-11-10-20-16(23)14-5-7-15(24-3)8-6-14/h5-8H,4,9-13H2,1-3H3,(H,20,23)(H2,19,21,22). The molecule has 3 N–H and O–H groups in total. The van der Waals surface area contributed by atoms with E-state index in [2.05, 4.69) is 27.9 Å². The van der Waals surface area contributed by atoms with Crippen LogP contribution in [0.25, 0.3) is 0 Å².